The number of hydrogen-bond acceptors (Lipinski definition) is 5. The molecule has 0 saturated carbocycles. The number of hydrogen-bond donors (Lipinski definition) is 3. The monoisotopic (exact) mass is 430 g/mol. The van der Waals surface area contributed by atoms with Crippen molar-refractivity contribution in [2.24, 2.45) is 0 Å². The summed E-state index contributed by atoms with van der Waals surface area (Å²) in [7, 11) is 1.59. The number of aromatic nitrogens is 4. The van der Waals surface area contributed by atoms with Gasteiger partial charge in [0.15, 0.2) is 5.82 Å². The van der Waals surface area contributed by atoms with Gasteiger partial charge >= 0.3 is 0 Å². The number of benzene rings is 2. The zero-order chi connectivity index (χ0) is 22.1. The molecule has 1 saturated heterocycles. The Morgan fingerprint density at radius 2 is 2.06 bits per heavy atom. The Labute approximate surface area is 186 Å². The molecule has 2 aromatic heterocycles. The lowest BCUT2D eigenvalue weighted by molar-refractivity contribution is 0.101. The van der Waals surface area contributed by atoms with Crippen LogP contribution in [0, 0.1) is 6.92 Å². The van der Waals surface area contributed by atoms with Gasteiger partial charge in [-0.3, -0.25) is 9.48 Å². The van der Waals surface area contributed by atoms with E-state index >= 15 is 0 Å². The molecule has 0 unspecified atom stereocenters. The van der Waals surface area contributed by atoms with Crippen LogP contribution in [0.3, 0.4) is 0 Å². The van der Waals surface area contributed by atoms with E-state index in [1.54, 1.807) is 13.3 Å². The lowest BCUT2D eigenvalue weighted by Crippen LogP contribution is -2.29. The number of ether oxygens (including phenoxy) is 1. The molecule has 0 radical (unpaired) electrons. The third-order valence-corrected chi connectivity index (χ3v) is 5.88. The van der Waals surface area contributed by atoms with Crippen LogP contribution in [-0.2, 0) is 0 Å². The van der Waals surface area contributed by atoms with Gasteiger partial charge in [0.25, 0.3) is 5.91 Å². The van der Waals surface area contributed by atoms with E-state index < -0.39 is 0 Å². The fraction of sp³-hybridized carbons (Fsp3) is 0.292. The highest BCUT2D eigenvalue weighted by atomic mass is 16.5. The van der Waals surface area contributed by atoms with Crippen LogP contribution in [0.1, 0.15) is 35.1 Å². The van der Waals surface area contributed by atoms with Crippen molar-refractivity contribution in [1.29, 1.82) is 0 Å². The summed E-state index contributed by atoms with van der Waals surface area (Å²) >= 11 is 0. The summed E-state index contributed by atoms with van der Waals surface area (Å²) in [5.41, 5.74) is 4.26. The number of nitrogens with zero attached hydrogens (tertiary/aromatic N) is 3. The molecular formula is C24H26N6O2. The third kappa shape index (κ3) is 3.97. The Bertz CT molecular complexity index is 1270. The molecule has 3 N–H and O–H groups in total. The van der Waals surface area contributed by atoms with Crippen molar-refractivity contribution in [3.63, 3.8) is 0 Å². The van der Waals surface area contributed by atoms with Crippen molar-refractivity contribution in [2.75, 3.05) is 25.5 Å². The SMILES string of the molecule is COc1cc2nn(C3CCNCC3)cc2cc1NC(=O)c1nc(-c2cccc(C)c2)c[nH]1. The predicted molar refractivity (Wildman–Crippen MR) is 124 cm³/mol. The number of imidazole rings is 1. The highest BCUT2D eigenvalue weighted by molar-refractivity contribution is 6.04. The van der Waals surface area contributed by atoms with Crippen LogP contribution in [-0.4, -0.2) is 45.9 Å². The second-order valence-electron chi connectivity index (χ2n) is 8.16. The number of amides is 1. The Hall–Kier alpha value is -3.65. The maximum absolute atomic E-state index is 12.9. The van der Waals surface area contributed by atoms with Crippen molar-refractivity contribution in [1.82, 2.24) is 25.1 Å². The Morgan fingerprint density at radius 3 is 2.84 bits per heavy atom. The van der Waals surface area contributed by atoms with E-state index in [-0.39, 0.29) is 11.7 Å². The second kappa shape index (κ2) is 8.47. The number of carbonyl (C=O) groups is 1. The number of anilines is 1. The molecule has 1 fully saturated rings. The van der Waals surface area contributed by atoms with Gasteiger partial charge in [0.2, 0.25) is 0 Å². The highest BCUT2D eigenvalue weighted by Gasteiger charge is 2.19. The van der Waals surface area contributed by atoms with E-state index in [0.29, 0.717) is 17.5 Å². The van der Waals surface area contributed by atoms with Crippen LogP contribution < -0.4 is 15.4 Å². The van der Waals surface area contributed by atoms with Crippen molar-refractivity contribution < 1.29 is 9.53 Å². The fourth-order valence-electron chi connectivity index (χ4n) is 4.17. The fourth-order valence-corrected chi connectivity index (χ4v) is 4.17. The van der Waals surface area contributed by atoms with Gasteiger partial charge in [-0.15, -0.1) is 0 Å². The minimum Gasteiger partial charge on any atom is -0.494 e. The number of aromatic amines is 1. The average Bonchev–Trinajstić information content (AvgIpc) is 3.46. The van der Waals surface area contributed by atoms with Gasteiger partial charge in [-0.25, -0.2) is 4.98 Å². The van der Waals surface area contributed by atoms with Crippen molar-refractivity contribution in [2.45, 2.75) is 25.8 Å². The predicted octanol–water partition coefficient (Wildman–Crippen LogP) is 3.92. The first-order chi connectivity index (χ1) is 15.6. The van der Waals surface area contributed by atoms with Crippen LogP contribution in [0.2, 0.25) is 0 Å². The molecule has 8 nitrogen and oxygen atoms in total. The van der Waals surface area contributed by atoms with E-state index in [1.165, 1.54) is 0 Å². The molecule has 32 heavy (non-hydrogen) atoms. The van der Waals surface area contributed by atoms with Gasteiger partial charge in [0, 0.05) is 29.4 Å². The van der Waals surface area contributed by atoms with Crippen molar-refractivity contribution in [3.8, 4) is 17.0 Å². The molecule has 3 heterocycles. The molecule has 4 aromatic rings. The Kier molecular flexibility index (Phi) is 5.36. The lowest BCUT2D eigenvalue weighted by Gasteiger charge is -2.22. The number of piperidine rings is 1. The number of fused-ring (bicyclic) bond motifs is 1. The molecule has 1 aliphatic rings. The molecule has 0 aliphatic carbocycles. The molecule has 0 bridgehead atoms. The summed E-state index contributed by atoms with van der Waals surface area (Å²) in [6.45, 7) is 4.03. The molecule has 2 aromatic carbocycles. The largest absolute Gasteiger partial charge is 0.494 e. The molecular weight excluding hydrogens is 404 g/mol. The van der Waals surface area contributed by atoms with Crippen LogP contribution >= 0.6 is 0 Å². The topological polar surface area (TPSA) is 96.9 Å². The summed E-state index contributed by atoms with van der Waals surface area (Å²) in [6, 6.07) is 12.2. The van der Waals surface area contributed by atoms with Gasteiger partial charge in [0.05, 0.1) is 30.0 Å². The van der Waals surface area contributed by atoms with E-state index in [9.17, 15) is 4.79 Å². The van der Waals surface area contributed by atoms with Gasteiger partial charge in [-0.2, -0.15) is 5.10 Å². The standard InChI is InChI=1S/C24H26N6O2/c1-15-4-3-5-16(10-15)21-13-26-23(27-21)24(31)28-20-11-17-14-30(18-6-8-25-9-7-18)29-19(17)12-22(20)32-2/h3-5,10-14,18,25H,6-9H2,1-2H3,(H,26,27)(H,28,31). The first-order valence-corrected chi connectivity index (χ1v) is 10.8. The summed E-state index contributed by atoms with van der Waals surface area (Å²) < 4.78 is 7.57. The number of H-pyrrole nitrogens is 1. The van der Waals surface area contributed by atoms with E-state index in [0.717, 1.165) is 53.7 Å². The van der Waals surface area contributed by atoms with E-state index in [2.05, 4.69) is 20.6 Å². The summed E-state index contributed by atoms with van der Waals surface area (Å²) in [5, 5.41) is 12.0. The van der Waals surface area contributed by atoms with E-state index in [1.807, 2.05) is 54.2 Å². The quantitative estimate of drug-likeness (QED) is 0.446. The zero-order valence-electron chi connectivity index (χ0n) is 18.2. The van der Waals surface area contributed by atoms with Gasteiger partial charge < -0.3 is 20.4 Å². The molecule has 164 valence electrons. The molecule has 1 aliphatic heterocycles. The van der Waals surface area contributed by atoms with Crippen molar-refractivity contribution in [3.05, 3.63) is 60.2 Å². The molecule has 8 heteroatoms. The smallest absolute Gasteiger partial charge is 0.291 e. The number of nitrogens with one attached hydrogen (secondary N) is 3. The van der Waals surface area contributed by atoms with Crippen LogP contribution in [0.25, 0.3) is 22.2 Å². The first kappa shape index (κ1) is 20.3. The molecule has 1 amide bonds. The van der Waals surface area contributed by atoms with Crippen LogP contribution in [0.4, 0.5) is 5.69 Å². The minimum absolute atomic E-state index is 0.244. The number of carbonyl (C=O) groups excluding carboxylic acids is 1. The zero-order valence-corrected chi connectivity index (χ0v) is 18.2. The number of rotatable bonds is 5. The van der Waals surface area contributed by atoms with Crippen molar-refractivity contribution >= 4 is 22.5 Å². The Balaban J connectivity index is 1.39. The average molecular weight is 431 g/mol. The molecule has 0 atom stereocenters. The van der Waals surface area contributed by atoms with Crippen LogP contribution in [0.15, 0.2) is 48.8 Å². The second-order valence-corrected chi connectivity index (χ2v) is 8.16. The molecule has 0 spiro atoms. The maximum Gasteiger partial charge on any atom is 0.291 e. The summed E-state index contributed by atoms with van der Waals surface area (Å²) in [5.74, 6) is 0.480. The summed E-state index contributed by atoms with van der Waals surface area (Å²) in [6.07, 6.45) is 5.89. The van der Waals surface area contributed by atoms with E-state index in [4.69, 9.17) is 9.84 Å². The normalized spacial score (nSPS) is 14.6. The first-order valence-electron chi connectivity index (χ1n) is 10.8. The summed E-state index contributed by atoms with van der Waals surface area (Å²) in [4.78, 5) is 20.3. The third-order valence-electron chi connectivity index (χ3n) is 5.88. The van der Waals surface area contributed by atoms with Crippen LogP contribution in [0.5, 0.6) is 5.75 Å². The molecule has 5 rings (SSSR count). The maximum atomic E-state index is 12.9. The number of aryl methyl sites for hydroxylation is 1. The minimum atomic E-state index is -0.327. The van der Waals surface area contributed by atoms with Gasteiger partial charge in [0.1, 0.15) is 5.75 Å². The highest BCUT2D eigenvalue weighted by Crippen LogP contribution is 2.31. The van der Waals surface area contributed by atoms with Gasteiger partial charge in [-0.1, -0.05) is 23.8 Å². The lowest BCUT2D eigenvalue weighted by atomic mass is 10.1. The van der Waals surface area contributed by atoms with Gasteiger partial charge in [-0.05, 0) is 45.0 Å². The Morgan fingerprint density at radius 1 is 1.22 bits per heavy atom. The number of methoxy groups -OCH3 is 1.